The summed E-state index contributed by atoms with van der Waals surface area (Å²) in [6.07, 6.45) is 1.70. The molecule has 2 aromatic rings. The number of hydrogen-bond acceptors (Lipinski definition) is 4. The van der Waals surface area contributed by atoms with Crippen molar-refractivity contribution in [3.05, 3.63) is 67.9 Å². The standard InChI is InChI=1S/C20H15Br2FN2O4/c1-29-17-12(8-13(21)10-16(17)22)9-15-18(26)24-20(28)25(19(15)27)7-6-11-2-4-14(23)5-3-11/h2-5,8-10H,6-7H2,1H3,(H,24,26,28)/b15-9+. The zero-order chi connectivity index (χ0) is 21.1. The van der Waals surface area contributed by atoms with Crippen LogP contribution in [0.5, 0.6) is 5.75 Å². The van der Waals surface area contributed by atoms with Gasteiger partial charge in [0.25, 0.3) is 11.8 Å². The zero-order valence-corrected chi connectivity index (χ0v) is 18.3. The maximum atomic E-state index is 13.0. The maximum absolute atomic E-state index is 13.0. The van der Waals surface area contributed by atoms with E-state index in [4.69, 9.17) is 4.74 Å². The normalized spacial score (nSPS) is 15.7. The number of rotatable bonds is 5. The van der Waals surface area contributed by atoms with Gasteiger partial charge in [-0.1, -0.05) is 28.1 Å². The van der Waals surface area contributed by atoms with Crippen molar-refractivity contribution in [1.29, 1.82) is 0 Å². The van der Waals surface area contributed by atoms with Gasteiger partial charge in [-0.2, -0.15) is 0 Å². The number of carbonyl (C=O) groups excluding carboxylic acids is 3. The molecule has 0 unspecified atom stereocenters. The van der Waals surface area contributed by atoms with Crippen molar-refractivity contribution in [3.8, 4) is 5.75 Å². The molecule has 0 radical (unpaired) electrons. The molecule has 0 spiro atoms. The van der Waals surface area contributed by atoms with E-state index in [0.717, 1.165) is 10.5 Å². The molecule has 1 saturated heterocycles. The Labute approximate surface area is 183 Å². The Kier molecular flexibility index (Phi) is 6.49. The second-order valence-electron chi connectivity index (χ2n) is 6.16. The lowest BCUT2D eigenvalue weighted by atomic mass is 10.1. The molecule has 0 bridgehead atoms. The first kappa shape index (κ1) is 21.2. The number of nitrogens with zero attached hydrogens (tertiary/aromatic N) is 1. The molecular formula is C20H15Br2FN2O4. The SMILES string of the molecule is COc1c(Br)cc(Br)cc1/C=C1\C(=O)NC(=O)N(CCc2ccc(F)cc2)C1=O. The summed E-state index contributed by atoms with van der Waals surface area (Å²) in [5.41, 5.74) is 1.05. The molecule has 6 nitrogen and oxygen atoms in total. The first-order valence-electron chi connectivity index (χ1n) is 8.46. The van der Waals surface area contributed by atoms with E-state index in [2.05, 4.69) is 37.2 Å². The van der Waals surface area contributed by atoms with Crippen molar-refractivity contribution in [1.82, 2.24) is 10.2 Å². The highest BCUT2D eigenvalue weighted by Gasteiger charge is 2.35. The van der Waals surface area contributed by atoms with Gasteiger partial charge in [0.2, 0.25) is 0 Å². The molecule has 150 valence electrons. The van der Waals surface area contributed by atoms with Crippen LogP contribution in [0.1, 0.15) is 11.1 Å². The first-order valence-corrected chi connectivity index (χ1v) is 10.0. The summed E-state index contributed by atoms with van der Waals surface area (Å²) in [6.45, 7) is 0.0419. The van der Waals surface area contributed by atoms with E-state index in [0.29, 0.717) is 26.7 Å². The number of halogens is 3. The average Bonchev–Trinajstić information content (AvgIpc) is 2.66. The molecule has 9 heteroatoms. The molecule has 0 aliphatic carbocycles. The van der Waals surface area contributed by atoms with E-state index >= 15 is 0 Å². The van der Waals surface area contributed by atoms with E-state index in [1.165, 1.54) is 25.3 Å². The monoisotopic (exact) mass is 524 g/mol. The summed E-state index contributed by atoms with van der Waals surface area (Å²) in [4.78, 5) is 38.3. The van der Waals surface area contributed by atoms with Crippen molar-refractivity contribution in [2.75, 3.05) is 13.7 Å². The number of nitrogens with one attached hydrogen (secondary N) is 1. The van der Waals surface area contributed by atoms with Crippen LogP contribution in [0.2, 0.25) is 0 Å². The van der Waals surface area contributed by atoms with Crippen LogP contribution in [0.15, 0.2) is 50.9 Å². The second-order valence-corrected chi connectivity index (χ2v) is 7.93. The van der Waals surface area contributed by atoms with E-state index in [9.17, 15) is 18.8 Å². The smallest absolute Gasteiger partial charge is 0.331 e. The van der Waals surface area contributed by atoms with Crippen molar-refractivity contribution >= 4 is 55.8 Å². The Morgan fingerprint density at radius 2 is 1.83 bits per heavy atom. The third kappa shape index (κ3) is 4.73. The lowest BCUT2D eigenvalue weighted by Crippen LogP contribution is -2.54. The van der Waals surface area contributed by atoms with Gasteiger partial charge >= 0.3 is 6.03 Å². The summed E-state index contributed by atoms with van der Waals surface area (Å²) < 4.78 is 19.7. The fraction of sp³-hybridized carbons (Fsp3) is 0.150. The molecule has 1 aliphatic heterocycles. The maximum Gasteiger partial charge on any atom is 0.331 e. The molecule has 1 N–H and O–H groups in total. The predicted octanol–water partition coefficient (Wildman–Crippen LogP) is 4.06. The minimum atomic E-state index is -0.790. The number of methoxy groups -OCH3 is 1. The minimum Gasteiger partial charge on any atom is -0.495 e. The Balaban J connectivity index is 1.89. The topological polar surface area (TPSA) is 75.7 Å². The Bertz CT molecular complexity index is 1020. The van der Waals surface area contributed by atoms with Gasteiger partial charge in [0.1, 0.15) is 17.1 Å². The van der Waals surface area contributed by atoms with Crippen LogP contribution in [0.25, 0.3) is 6.08 Å². The first-order chi connectivity index (χ1) is 13.8. The molecule has 1 heterocycles. The van der Waals surface area contributed by atoms with E-state index in [-0.39, 0.29) is 17.9 Å². The highest BCUT2D eigenvalue weighted by Crippen LogP contribution is 2.34. The highest BCUT2D eigenvalue weighted by atomic mass is 79.9. The number of carbonyl (C=O) groups is 3. The van der Waals surface area contributed by atoms with Gasteiger partial charge in [-0.05, 0) is 58.3 Å². The second kappa shape index (κ2) is 8.87. The molecule has 3 rings (SSSR count). The average molecular weight is 526 g/mol. The van der Waals surface area contributed by atoms with Crippen LogP contribution < -0.4 is 10.1 Å². The van der Waals surface area contributed by atoms with Crippen molar-refractivity contribution in [3.63, 3.8) is 0 Å². The summed E-state index contributed by atoms with van der Waals surface area (Å²) in [6, 6.07) is 8.43. The van der Waals surface area contributed by atoms with Gasteiger partial charge in [-0.25, -0.2) is 9.18 Å². The van der Waals surface area contributed by atoms with Gasteiger partial charge in [0.15, 0.2) is 0 Å². The summed E-state index contributed by atoms with van der Waals surface area (Å²) in [5.74, 6) is -1.42. The van der Waals surface area contributed by atoms with Crippen LogP contribution in [0.3, 0.4) is 0 Å². The van der Waals surface area contributed by atoms with Crippen LogP contribution in [-0.2, 0) is 16.0 Å². The number of benzene rings is 2. The molecule has 2 aromatic carbocycles. The van der Waals surface area contributed by atoms with Crippen LogP contribution >= 0.6 is 31.9 Å². The third-order valence-electron chi connectivity index (χ3n) is 4.26. The minimum absolute atomic E-state index is 0.0419. The number of ether oxygens (including phenoxy) is 1. The van der Waals surface area contributed by atoms with E-state index in [1.807, 2.05) is 0 Å². The molecular weight excluding hydrogens is 511 g/mol. The van der Waals surface area contributed by atoms with Crippen molar-refractivity contribution < 1.29 is 23.5 Å². The zero-order valence-electron chi connectivity index (χ0n) is 15.2. The number of imide groups is 2. The van der Waals surface area contributed by atoms with Crippen LogP contribution in [-0.4, -0.2) is 36.4 Å². The number of amides is 4. The quantitative estimate of drug-likeness (QED) is 0.471. The largest absolute Gasteiger partial charge is 0.495 e. The van der Waals surface area contributed by atoms with Crippen molar-refractivity contribution in [2.24, 2.45) is 0 Å². The van der Waals surface area contributed by atoms with Crippen LogP contribution in [0.4, 0.5) is 9.18 Å². The number of urea groups is 1. The van der Waals surface area contributed by atoms with Gasteiger partial charge in [0, 0.05) is 16.6 Å². The fourth-order valence-electron chi connectivity index (χ4n) is 2.85. The lowest BCUT2D eigenvalue weighted by molar-refractivity contribution is -0.130. The molecule has 4 amide bonds. The number of barbiturate groups is 1. The molecule has 0 aromatic heterocycles. The molecule has 1 fully saturated rings. The number of hydrogen-bond donors (Lipinski definition) is 1. The lowest BCUT2D eigenvalue weighted by Gasteiger charge is -2.26. The van der Waals surface area contributed by atoms with Crippen LogP contribution in [0, 0.1) is 5.82 Å². The van der Waals surface area contributed by atoms with Gasteiger partial charge in [-0.15, -0.1) is 0 Å². The van der Waals surface area contributed by atoms with Gasteiger partial charge in [0.05, 0.1) is 11.6 Å². The summed E-state index contributed by atoms with van der Waals surface area (Å²) >= 11 is 6.73. The van der Waals surface area contributed by atoms with E-state index in [1.54, 1.807) is 24.3 Å². The fourth-order valence-corrected chi connectivity index (χ4v) is 4.27. The Hall–Kier alpha value is -2.52. The third-order valence-corrected chi connectivity index (χ3v) is 5.31. The van der Waals surface area contributed by atoms with Crippen molar-refractivity contribution in [2.45, 2.75) is 6.42 Å². The van der Waals surface area contributed by atoms with Gasteiger partial charge in [-0.3, -0.25) is 19.8 Å². The summed E-state index contributed by atoms with van der Waals surface area (Å²) in [5, 5.41) is 2.18. The summed E-state index contributed by atoms with van der Waals surface area (Å²) in [7, 11) is 1.47. The molecule has 0 saturated carbocycles. The molecule has 29 heavy (non-hydrogen) atoms. The van der Waals surface area contributed by atoms with E-state index < -0.39 is 17.8 Å². The predicted molar refractivity (Wildman–Crippen MR) is 112 cm³/mol. The Morgan fingerprint density at radius 3 is 2.48 bits per heavy atom. The Morgan fingerprint density at radius 1 is 1.14 bits per heavy atom. The highest BCUT2D eigenvalue weighted by molar-refractivity contribution is 9.11. The van der Waals surface area contributed by atoms with Gasteiger partial charge < -0.3 is 4.74 Å². The molecule has 1 aliphatic rings. The molecule has 0 atom stereocenters.